The van der Waals surface area contributed by atoms with Crippen molar-refractivity contribution in [2.24, 2.45) is 0 Å². The first-order chi connectivity index (χ1) is 6.56. The molecule has 0 aromatic heterocycles. The van der Waals surface area contributed by atoms with E-state index in [1.54, 1.807) is 0 Å². The molecular weight excluding hydrogens is 204 g/mol. The van der Waals surface area contributed by atoms with Crippen molar-refractivity contribution in [2.75, 3.05) is 5.88 Å². The van der Waals surface area contributed by atoms with Gasteiger partial charge in [0.05, 0.1) is 0 Å². The van der Waals surface area contributed by atoms with Gasteiger partial charge in [0.25, 0.3) is 0 Å². The second-order valence-corrected chi connectivity index (χ2v) is 4.17. The number of carbonyl (C=O) groups excluding carboxylic acids is 2. The molecule has 0 atom stereocenters. The lowest BCUT2D eigenvalue weighted by molar-refractivity contribution is -0.117. The van der Waals surface area contributed by atoms with Crippen LogP contribution in [0.4, 0.5) is 4.79 Å². The summed E-state index contributed by atoms with van der Waals surface area (Å²) in [6.07, 6.45) is 4.19. The summed E-state index contributed by atoms with van der Waals surface area (Å²) in [6.45, 7) is 1.99. The molecule has 1 fully saturated rings. The molecule has 0 bridgehead atoms. The van der Waals surface area contributed by atoms with Crippen LogP contribution >= 0.6 is 11.6 Å². The minimum absolute atomic E-state index is 0.156. The molecule has 1 aliphatic carbocycles. The van der Waals surface area contributed by atoms with Gasteiger partial charge >= 0.3 is 6.03 Å². The molecular formula is C9H15ClN2O2. The predicted octanol–water partition coefficient (Wildman–Crippen LogP) is 1.38. The highest BCUT2D eigenvalue weighted by atomic mass is 35.5. The molecule has 0 radical (unpaired) electrons. The summed E-state index contributed by atoms with van der Waals surface area (Å²) in [6, 6.07) is -0.444. The van der Waals surface area contributed by atoms with E-state index in [2.05, 4.69) is 10.6 Å². The van der Waals surface area contributed by atoms with Crippen LogP contribution in [0.15, 0.2) is 0 Å². The number of hydrogen-bond donors (Lipinski definition) is 2. The number of urea groups is 1. The number of rotatable bonds is 2. The first kappa shape index (κ1) is 11.3. The van der Waals surface area contributed by atoms with Crippen molar-refractivity contribution in [2.45, 2.75) is 38.1 Å². The fourth-order valence-corrected chi connectivity index (χ4v) is 1.81. The lowest BCUT2D eigenvalue weighted by Gasteiger charge is -2.24. The highest BCUT2D eigenvalue weighted by Crippen LogP contribution is 2.28. The topological polar surface area (TPSA) is 58.2 Å². The van der Waals surface area contributed by atoms with E-state index in [0.717, 1.165) is 25.7 Å². The second kappa shape index (κ2) is 4.64. The predicted molar refractivity (Wildman–Crippen MR) is 54.3 cm³/mol. The van der Waals surface area contributed by atoms with E-state index < -0.39 is 11.9 Å². The van der Waals surface area contributed by atoms with Crippen molar-refractivity contribution in [3.05, 3.63) is 0 Å². The standard InChI is InChI=1S/C9H15ClN2O2/c1-9(4-2-3-5-9)12-8(14)11-7(13)6-10/h2-6H2,1H3,(H2,11,12,13,14). The molecule has 0 saturated heterocycles. The SMILES string of the molecule is CC1(NC(=O)NC(=O)CCl)CCCC1. The number of nitrogens with one attached hydrogen (secondary N) is 2. The Morgan fingerprint density at radius 3 is 2.43 bits per heavy atom. The smallest absolute Gasteiger partial charge is 0.321 e. The van der Waals surface area contributed by atoms with Crippen molar-refractivity contribution < 1.29 is 9.59 Å². The Balaban J connectivity index is 2.36. The summed E-state index contributed by atoms with van der Waals surface area (Å²) in [5.41, 5.74) is -0.156. The van der Waals surface area contributed by atoms with Gasteiger partial charge in [-0.3, -0.25) is 10.1 Å². The minimum atomic E-state index is -0.467. The van der Waals surface area contributed by atoms with Crippen LogP contribution in [0.25, 0.3) is 0 Å². The van der Waals surface area contributed by atoms with E-state index in [0.29, 0.717) is 0 Å². The lowest BCUT2D eigenvalue weighted by Crippen LogP contribution is -2.50. The molecule has 3 amide bonds. The highest BCUT2D eigenvalue weighted by Gasteiger charge is 2.30. The molecule has 0 aliphatic heterocycles. The van der Waals surface area contributed by atoms with Gasteiger partial charge < -0.3 is 5.32 Å². The van der Waals surface area contributed by atoms with Crippen LogP contribution in [0.3, 0.4) is 0 Å². The first-order valence-corrected chi connectivity index (χ1v) is 5.27. The summed E-state index contributed by atoms with van der Waals surface area (Å²) in [4.78, 5) is 22.1. The Hall–Kier alpha value is -0.770. The van der Waals surface area contributed by atoms with Crippen LogP contribution in [0.1, 0.15) is 32.6 Å². The average molecular weight is 219 g/mol. The average Bonchev–Trinajstić information content (AvgIpc) is 2.51. The van der Waals surface area contributed by atoms with Gasteiger partial charge in [-0.2, -0.15) is 0 Å². The molecule has 4 nitrogen and oxygen atoms in total. The zero-order valence-electron chi connectivity index (χ0n) is 8.23. The molecule has 0 aromatic rings. The third kappa shape index (κ3) is 3.18. The number of hydrogen-bond acceptors (Lipinski definition) is 2. The summed E-state index contributed by atoms with van der Waals surface area (Å²) >= 11 is 5.26. The fourth-order valence-electron chi connectivity index (χ4n) is 1.75. The Morgan fingerprint density at radius 2 is 1.93 bits per heavy atom. The fraction of sp³-hybridized carbons (Fsp3) is 0.778. The Morgan fingerprint density at radius 1 is 1.36 bits per heavy atom. The van der Waals surface area contributed by atoms with Gasteiger partial charge in [0.2, 0.25) is 5.91 Å². The Labute approximate surface area is 88.4 Å². The lowest BCUT2D eigenvalue weighted by atomic mass is 10.0. The van der Waals surface area contributed by atoms with Crippen LogP contribution in [0.2, 0.25) is 0 Å². The van der Waals surface area contributed by atoms with Crippen LogP contribution in [-0.4, -0.2) is 23.4 Å². The van der Waals surface area contributed by atoms with Crippen molar-refractivity contribution >= 4 is 23.5 Å². The van der Waals surface area contributed by atoms with E-state index in [9.17, 15) is 9.59 Å². The molecule has 2 N–H and O–H groups in total. The largest absolute Gasteiger partial charge is 0.333 e. The van der Waals surface area contributed by atoms with E-state index in [-0.39, 0.29) is 11.4 Å². The van der Waals surface area contributed by atoms with Crippen LogP contribution < -0.4 is 10.6 Å². The molecule has 0 aromatic carbocycles. The number of alkyl halides is 1. The van der Waals surface area contributed by atoms with Crippen molar-refractivity contribution in [3.8, 4) is 0 Å². The Kier molecular flexibility index (Phi) is 3.75. The highest BCUT2D eigenvalue weighted by molar-refractivity contribution is 6.28. The molecule has 1 saturated carbocycles. The van der Waals surface area contributed by atoms with Gasteiger partial charge in [-0.05, 0) is 19.8 Å². The number of halogens is 1. The molecule has 0 spiro atoms. The third-order valence-electron chi connectivity index (χ3n) is 2.50. The summed E-state index contributed by atoms with van der Waals surface area (Å²) in [5, 5.41) is 4.95. The van der Waals surface area contributed by atoms with Crippen LogP contribution in [0, 0.1) is 0 Å². The quantitative estimate of drug-likeness (QED) is 0.688. The molecule has 80 valence electrons. The molecule has 5 heteroatoms. The maximum atomic E-state index is 11.3. The van der Waals surface area contributed by atoms with Crippen molar-refractivity contribution in [3.63, 3.8) is 0 Å². The minimum Gasteiger partial charge on any atom is -0.333 e. The van der Waals surface area contributed by atoms with Gasteiger partial charge in [0.1, 0.15) is 5.88 Å². The van der Waals surface area contributed by atoms with Crippen LogP contribution in [0.5, 0.6) is 0 Å². The van der Waals surface area contributed by atoms with E-state index in [1.807, 2.05) is 6.92 Å². The first-order valence-electron chi connectivity index (χ1n) is 4.74. The van der Waals surface area contributed by atoms with E-state index >= 15 is 0 Å². The number of imide groups is 1. The van der Waals surface area contributed by atoms with Crippen molar-refractivity contribution in [1.82, 2.24) is 10.6 Å². The Bertz CT molecular complexity index is 237. The van der Waals surface area contributed by atoms with Gasteiger partial charge in [-0.25, -0.2) is 4.79 Å². The summed E-state index contributed by atoms with van der Waals surface area (Å²) in [7, 11) is 0. The summed E-state index contributed by atoms with van der Waals surface area (Å²) in [5.74, 6) is -0.657. The monoisotopic (exact) mass is 218 g/mol. The zero-order valence-corrected chi connectivity index (χ0v) is 8.99. The van der Waals surface area contributed by atoms with Gasteiger partial charge in [0.15, 0.2) is 0 Å². The maximum Gasteiger partial charge on any atom is 0.321 e. The normalized spacial score (nSPS) is 19.0. The molecule has 0 heterocycles. The number of carbonyl (C=O) groups is 2. The van der Waals surface area contributed by atoms with Gasteiger partial charge in [-0.1, -0.05) is 12.8 Å². The second-order valence-electron chi connectivity index (χ2n) is 3.90. The number of amides is 3. The van der Waals surface area contributed by atoms with E-state index in [4.69, 9.17) is 11.6 Å². The van der Waals surface area contributed by atoms with E-state index in [1.165, 1.54) is 0 Å². The molecule has 14 heavy (non-hydrogen) atoms. The third-order valence-corrected chi connectivity index (χ3v) is 2.74. The zero-order chi connectivity index (χ0) is 10.6. The van der Waals surface area contributed by atoms with Gasteiger partial charge in [0, 0.05) is 5.54 Å². The van der Waals surface area contributed by atoms with Crippen LogP contribution in [-0.2, 0) is 4.79 Å². The molecule has 1 rings (SSSR count). The van der Waals surface area contributed by atoms with Crippen molar-refractivity contribution in [1.29, 1.82) is 0 Å². The van der Waals surface area contributed by atoms with Gasteiger partial charge in [-0.15, -0.1) is 11.6 Å². The summed E-state index contributed by atoms with van der Waals surface area (Å²) < 4.78 is 0. The molecule has 0 unspecified atom stereocenters. The maximum absolute atomic E-state index is 11.3. The molecule has 1 aliphatic rings.